The number of nitrogens with zero attached hydrogens (tertiary/aromatic N) is 1. The number of aryl methyl sites for hydroxylation is 1. The van der Waals surface area contributed by atoms with Crippen molar-refractivity contribution in [2.45, 2.75) is 51.5 Å². The van der Waals surface area contributed by atoms with Crippen molar-refractivity contribution in [2.24, 2.45) is 11.8 Å². The molecule has 2 saturated carbocycles. The maximum Gasteiger partial charge on any atom is 0.223 e. The summed E-state index contributed by atoms with van der Waals surface area (Å²) in [6, 6.07) is 8.88. The van der Waals surface area contributed by atoms with Crippen LogP contribution in [0.3, 0.4) is 0 Å². The van der Waals surface area contributed by atoms with Crippen molar-refractivity contribution in [2.75, 3.05) is 11.9 Å². The van der Waals surface area contributed by atoms with Gasteiger partial charge >= 0.3 is 0 Å². The number of carbonyl (C=O) groups excluding carboxylic acids is 1. The minimum absolute atomic E-state index is 0.237. The van der Waals surface area contributed by atoms with Gasteiger partial charge in [-0.15, -0.1) is 0 Å². The Bertz CT molecular complexity index is 761. The molecule has 0 unspecified atom stereocenters. The van der Waals surface area contributed by atoms with Gasteiger partial charge < -0.3 is 10.6 Å². The molecule has 2 aliphatic carbocycles. The number of anilines is 1. The molecule has 0 atom stereocenters. The molecule has 4 heteroatoms. The third-order valence-corrected chi connectivity index (χ3v) is 5.70. The lowest BCUT2D eigenvalue weighted by atomic mass is 9.81. The summed E-state index contributed by atoms with van der Waals surface area (Å²) >= 11 is 0. The molecule has 1 heterocycles. The number of para-hydroxylation sites is 1. The molecule has 0 saturated heterocycles. The van der Waals surface area contributed by atoms with Gasteiger partial charge in [-0.25, -0.2) is 0 Å². The van der Waals surface area contributed by atoms with Crippen LogP contribution in [0.4, 0.5) is 5.69 Å². The quantitative estimate of drug-likeness (QED) is 0.866. The van der Waals surface area contributed by atoms with Gasteiger partial charge in [0.25, 0.3) is 0 Å². The largest absolute Gasteiger partial charge is 0.384 e. The van der Waals surface area contributed by atoms with Gasteiger partial charge in [0, 0.05) is 35.8 Å². The molecule has 25 heavy (non-hydrogen) atoms. The lowest BCUT2D eigenvalue weighted by Crippen LogP contribution is -2.35. The first kappa shape index (κ1) is 16.4. The zero-order valence-electron chi connectivity index (χ0n) is 14.9. The summed E-state index contributed by atoms with van der Waals surface area (Å²) in [7, 11) is 0. The third-order valence-electron chi connectivity index (χ3n) is 5.70. The molecule has 1 amide bonds. The Labute approximate surface area is 149 Å². The van der Waals surface area contributed by atoms with E-state index in [9.17, 15) is 4.79 Å². The fourth-order valence-electron chi connectivity index (χ4n) is 3.91. The Kier molecular flexibility index (Phi) is 4.60. The molecule has 2 aromatic rings. The molecule has 4 nitrogen and oxygen atoms in total. The number of amides is 1. The molecular weight excluding hydrogens is 310 g/mol. The number of carbonyl (C=O) groups is 1. The summed E-state index contributed by atoms with van der Waals surface area (Å²) < 4.78 is 0. The number of hydrogen-bond acceptors (Lipinski definition) is 3. The topological polar surface area (TPSA) is 54.0 Å². The zero-order valence-corrected chi connectivity index (χ0v) is 14.9. The summed E-state index contributed by atoms with van der Waals surface area (Å²) in [5.74, 6) is 1.18. The second-order valence-electron chi connectivity index (χ2n) is 7.71. The minimum atomic E-state index is 0.237. The molecule has 2 fully saturated rings. The van der Waals surface area contributed by atoms with Gasteiger partial charge in [-0.3, -0.25) is 9.78 Å². The molecule has 0 aliphatic heterocycles. The van der Waals surface area contributed by atoms with Crippen molar-refractivity contribution in [3.8, 4) is 0 Å². The van der Waals surface area contributed by atoms with Gasteiger partial charge in [0.15, 0.2) is 0 Å². The SMILES string of the molecule is Cc1cccc2c(NC[C@H]3CC[C@H](C(=O)NC4CC4)CC3)ccnc12. The maximum atomic E-state index is 12.2. The van der Waals surface area contributed by atoms with Gasteiger partial charge in [0.1, 0.15) is 0 Å². The van der Waals surface area contributed by atoms with Gasteiger partial charge in [-0.05, 0) is 63.0 Å². The molecule has 0 radical (unpaired) electrons. The van der Waals surface area contributed by atoms with Crippen molar-refractivity contribution in [1.82, 2.24) is 10.3 Å². The Morgan fingerprint density at radius 2 is 1.92 bits per heavy atom. The van der Waals surface area contributed by atoms with Crippen LogP contribution in [0, 0.1) is 18.8 Å². The number of hydrogen-bond donors (Lipinski definition) is 2. The molecule has 2 N–H and O–H groups in total. The van der Waals surface area contributed by atoms with Crippen LogP contribution in [-0.4, -0.2) is 23.5 Å². The minimum Gasteiger partial charge on any atom is -0.384 e. The van der Waals surface area contributed by atoms with Crippen molar-refractivity contribution in [3.05, 3.63) is 36.0 Å². The Balaban J connectivity index is 1.32. The fraction of sp³-hybridized carbons (Fsp3) is 0.524. The fourth-order valence-corrected chi connectivity index (χ4v) is 3.91. The number of nitrogens with one attached hydrogen (secondary N) is 2. The van der Waals surface area contributed by atoms with Crippen molar-refractivity contribution >= 4 is 22.5 Å². The molecule has 1 aromatic heterocycles. The van der Waals surface area contributed by atoms with Crippen LogP contribution < -0.4 is 10.6 Å². The van der Waals surface area contributed by atoms with Crippen molar-refractivity contribution < 1.29 is 4.79 Å². The van der Waals surface area contributed by atoms with E-state index < -0.39 is 0 Å². The summed E-state index contributed by atoms with van der Waals surface area (Å²) in [4.78, 5) is 16.7. The first-order valence-corrected chi connectivity index (χ1v) is 9.59. The molecular formula is C21H27N3O. The molecule has 1 aromatic carbocycles. The monoisotopic (exact) mass is 337 g/mol. The maximum absolute atomic E-state index is 12.2. The normalized spacial score (nSPS) is 23.4. The molecule has 2 aliphatic rings. The predicted molar refractivity (Wildman–Crippen MR) is 102 cm³/mol. The number of aromatic nitrogens is 1. The highest BCUT2D eigenvalue weighted by atomic mass is 16.2. The van der Waals surface area contributed by atoms with E-state index in [2.05, 4.69) is 46.8 Å². The van der Waals surface area contributed by atoms with Crippen LogP contribution in [0.25, 0.3) is 10.9 Å². The van der Waals surface area contributed by atoms with E-state index in [0.29, 0.717) is 17.9 Å². The Morgan fingerprint density at radius 3 is 2.68 bits per heavy atom. The predicted octanol–water partition coefficient (Wildman–Crippen LogP) is 4.04. The number of rotatable bonds is 5. The van der Waals surface area contributed by atoms with E-state index in [0.717, 1.165) is 37.7 Å². The smallest absolute Gasteiger partial charge is 0.223 e. The number of fused-ring (bicyclic) bond motifs is 1. The highest BCUT2D eigenvalue weighted by Gasteiger charge is 2.30. The number of benzene rings is 1. The van der Waals surface area contributed by atoms with Crippen LogP contribution >= 0.6 is 0 Å². The molecule has 0 bridgehead atoms. The van der Waals surface area contributed by atoms with E-state index in [1.54, 1.807) is 0 Å². The van der Waals surface area contributed by atoms with Crippen LogP contribution in [-0.2, 0) is 4.79 Å². The zero-order chi connectivity index (χ0) is 17.2. The highest BCUT2D eigenvalue weighted by Crippen LogP contribution is 2.31. The van der Waals surface area contributed by atoms with Crippen LogP contribution in [0.15, 0.2) is 30.5 Å². The molecule has 4 rings (SSSR count). The van der Waals surface area contributed by atoms with E-state index >= 15 is 0 Å². The van der Waals surface area contributed by atoms with E-state index in [1.807, 2.05) is 6.20 Å². The first-order chi connectivity index (χ1) is 12.2. The lowest BCUT2D eigenvalue weighted by Gasteiger charge is -2.28. The average molecular weight is 337 g/mol. The van der Waals surface area contributed by atoms with Crippen LogP contribution in [0.2, 0.25) is 0 Å². The summed E-state index contributed by atoms with van der Waals surface area (Å²) in [5.41, 5.74) is 3.46. The third kappa shape index (κ3) is 3.78. The summed E-state index contributed by atoms with van der Waals surface area (Å²) in [5, 5.41) is 7.98. The second-order valence-corrected chi connectivity index (χ2v) is 7.71. The Morgan fingerprint density at radius 1 is 1.12 bits per heavy atom. The van der Waals surface area contributed by atoms with E-state index in [1.165, 1.54) is 29.5 Å². The Hall–Kier alpha value is -2.10. The van der Waals surface area contributed by atoms with E-state index in [-0.39, 0.29) is 5.92 Å². The van der Waals surface area contributed by atoms with E-state index in [4.69, 9.17) is 0 Å². The average Bonchev–Trinajstić information content (AvgIpc) is 3.45. The lowest BCUT2D eigenvalue weighted by molar-refractivity contribution is -0.126. The first-order valence-electron chi connectivity index (χ1n) is 9.59. The summed E-state index contributed by atoms with van der Waals surface area (Å²) in [6.07, 6.45) is 8.56. The molecule has 0 spiro atoms. The standard InChI is InChI=1S/C21H27N3O/c1-14-3-2-4-18-19(11-12-22-20(14)18)23-13-15-5-7-16(8-6-15)21(25)24-17-9-10-17/h2-4,11-12,15-17H,5-10,13H2,1H3,(H,22,23)(H,24,25)/t15-,16-. The van der Waals surface area contributed by atoms with Crippen molar-refractivity contribution in [3.63, 3.8) is 0 Å². The second kappa shape index (κ2) is 7.03. The van der Waals surface area contributed by atoms with Gasteiger partial charge in [-0.2, -0.15) is 0 Å². The number of pyridine rings is 1. The van der Waals surface area contributed by atoms with Gasteiger partial charge in [0.2, 0.25) is 5.91 Å². The van der Waals surface area contributed by atoms with Crippen LogP contribution in [0.5, 0.6) is 0 Å². The van der Waals surface area contributed by atoms with Gasteiger partial charge in [-0.1, -0.05) is 18.2 Å². The van der Waals surface area contributed by atoms with Crippen LogP contribution in [0.1, 0.15) is 44.1 Å². The van der Waals surface area contributed by atoms with Gasteiger partial charge in [0.05, 0.1) is 5.52 Å². The summed E-state index contributed by atoms with van der Waals surface area (Å²) in [6.45, 7) is 3.08. The molecule has 132 valence electrons. The van der Waals surface area contributed by atoms with Crippen molar-refractivity contribution in [1.29, 1.82) is 0 Å². The highest BCUT2D eigenvalue weighted by molar-refractivity contribution is 5.92.